The Balaban J connectivity index is 1.92. The van der Waals surface area contributed by atoms with Crippen molar-refractivity contribution in [2.45, 2.75) is 200 Å². The summed E-state index contributed by atoms with van der Waals surface area (Å²) in [6, 6.07) is -2.90. The molecule has 10 atom stereocenters. The Kier molecular flexibility index (Phi) is 30.5. The Labute approximate surface area is 430 Å². The standard InChI is InChI=1S/C48H77N5O21/c1-28(54)51-42-37(70-32(5)58)25-35(26-68-30(3)56)73-47(42)66-23-16-12-19-40(62)53-36(46(65)50-22-13-8-9-20-41(63)64)17-10-14-21-49-39(61)18-11-15-24-67-48-43(52-29(2)55)45(72-34(7)60)44(71-33(6)59)38(74-48)27-69-31(4)57/h35-38,42-45,47-48H,8-27H2,1-7H3,(H,49,61)(H,50,65)(H,51,54)(H,52,55)(H,53,62)(H,63,64)/t35?,36-,37?,38?,42?,43?,44?,45?,47?,48?/m0/s1. The van der Waals surface area contributed by atoms with Crippen molar-refractivity contribution >= 4 is 65.4 Å². The average molecular weight is 1060 g/mol. The van der Waals surface area contributed by atoms with Gasteiger partial charge < -0.3 is 74.3 Å². The molecule has 2 aliphatic heterocycles. The zero-order valence-electron chi connectivity index (χ0n) is 43.5. The molecule has 0 aromatic carbocycles. The summed E-state index contributed by atoms with van der Waals surface area (Å²) < 4.78 is 50.3. The number of carboxylic acids is 1. The van der Waals surface area contributed by atoms with Gasteiger partial charge in [0, 0.05) is 100 Å². The van der Waals surface area contributed by atoms with E-state index in [9.17, 15) is 52.7 Å². The van der Waals surface area contributed by atoms with E-state index in [1.807, 2.05) is 0 Å². The van der Waals surface area contributed by atoms with Gasteiger partial charge in [-0.3, -0.25) is 52.7 Å². The lowest BCUT2D eigenvalue weighted by Gasteiger charge is -2.44. The highest BCUT2D eigenvalue weighted by Gasteiger charge is 2.51. The van der Waals surface area contributed by atoms with Crippen LogP contribution in [0.2, 0.25) is 0 Å². The maximum atomic E-state index is 13.3. The van der Waals surface area contributed by atoms with E-state index in [-0.39, 0.29) is 77.5 Å². The van der Waals surface area contributed by atoms with Gasteiger partial charge in [-0.15, -0.1) is 0 Å². The first-order valence-corrected chi connectivity index (χ1v) is 25.0. The Morgan fingerprint density at radius 1 is 0.541 bits per heavy atom. The van der Waals surface area contributed by atoms with E-state index in [0.29, 0.717) is 57.8 Å². The SMILES string of the molecule is CC(=O)NC1C(OC(C)=O)CC(COC(C)=O)OC1OCCCCC(=O)N[C@@H](CCCCNC(=O)CCCCOC1OC(COC(C)=O)C(OC(C)=O)C(OC(C)=O)C1NC(C)=O)C(=O)NCCCCCC(=O)O. The molecule has 2 rings (SSSR count). The first kappa shape index (κ1) is 64.1. The molecule has 0 radical (unpaired) electrons. The number of carboxylic acid groups (broad SMARTS) is 1. The van der Waals surface area contributed by atoms with Crippen LogP contribution in [-0.4, -0.2) is 171 Å². The second kappa shape index (κ2) is 35.3. The van der Waals surface area contributed by atoms with Gasteiger partial charge in [-0.1, -0.05) is 6.42 Å². The molecule has 0 aromatic rings. The van der Waals surface area contributed by atoms with Crippen molar-refractivity contribution < 1.29 is 100 Å². The van der Waals surface area contributed by atoms with E-state index in [1.165, 1.54) is 34.6 Å². The van der Waals surface area contributed by atoms with Gasteiger partial charge in [-0.2, -0.15) is 0 Å². The molecule has 0 bridgehead atoms. The van der Waals surface area contributed by atoms with Crippen LogP contribution in [0, 0.1) is 0 Å². The van der Waals surface area contributed by atoms with E-state index >= 15 is 0 Å². The molecule has 26 heteroatoms. The molecule has 26 nitrogen and oxygen atoms in total. The third kappa shape index (κ3) is 27.3. The summed E-state index contributed by atoms with van der Waals surface area (Å²) in [7, 11) is 0. The molecule has 2 heterocycles. The van der Waals surface area contributed by atoms with Crippen LogP contribution in [0.15, 0.2) is 0 Å². The molecular weight excluding hydrogens is 983 g/mol. The smallest absolute Gasteiger partial charge is 0.303 e. The molecule has 2 saturated heterocycles. The van der Waals surface area contributed by atoms with Gasteiger partial charge in [0.25, 0.3) is 0 Å². The van der Waals surface area contributed by atoms with Gasteiger partial charge in [0.05, 0.1) is 6.10 Å². The number of amides is 5. The largest absolute Gasteiger partial charge is 0.481 e. The summed E-state index contributed by atoms with van der Waals surface area (Å²) in [5.41, 5.74) is 0. The summed E-state index contributed by atoms with van der Waals surface area (Å²) in [4.78, 5) is 133. The van der Waals surface area contributed by atoms with Gasteiger partial charge in [0.15, 0.2) is 24.8 Å². The number of unbranched alkanes of at least 4 members (excludes halogenated alkanes) is 5. The van der Waals surface area contributed by atoms with E-state index in [4.69, 9.17) is 47.7 Å². The Morgan fingerprint density at radius 2 is 1.07 bits per heavy atom. The Hall–Kier alpha value is -5.99. The van der Waals surface area contributed by atoms with E-state index in [0.717, 1.165) is 13.8 Å². The number of carbonyl (C=O) groups excluding carboxylic acids is 10. The van der Waals surface area contributed by atoms with Gasteiger partial charge >= 0.3 is 35.8 Å². The van der Waals surface area contributed by atoms with Gasteiger partial charge in [0.2, 0.25) is 29.5 Å². The summed E-state index contributed by atoms with van der Waals surface area (Å²) in [6.07, 6.45) is -3.06. The van der Waals surface area contributed by atoms with Crippen LogP contribution < -0.4 is 26.6 Å². The highest BCUT2D eigenvalue weighted by molar-refractivity contribution is 5.87. The second-order valence-corrected chi connectivity index (χ2v) is 17.9. The number of hydrogen-bond acceptors (Lipinski definition) is 20. The summed E-state index contributed by atoms with van der Waals surface area (Å²) in [5.74, 6) is -6.19. The maximum Gasteiger partial charge on any atom is 0.303 e. The number of rotatable bonds is 34. The number of esters is 5. The number of aliphatic carboxylic acids is 1. The molecule has 74 heavy (non-hydrogen) atoms. The van der Waals surface area contributed by atoms with Crippen molar-refractivity contribution in [1.29, 1.82) is 0 Å². The predicted molar refractivity (Wildman–Crippen MR) is 255 cm³/mol. The molecule has 420 valence electrons. The molecule has 2 aliphatic rings. The fourth-order valence-electron chi connectivity index (χ4n) is 7.95. The van der Waals surface area contributed by atoms with Crippen molar-refractivity contribution in [1.82, 2.24) is 26.6 Å². The highest BCUT2D eigenvalue weighted by atomic mass is 16.7. The molecule has 2 fully saturated rings. The van der Waals surface area contributed by atoms with Crippen LogP contribution in [-0.2, 0) is 95.4 Å². The van der Waals surface area contributed by atoms with Gasteiger partial charge in [0.1, 0.15) is 43.5 Å². The van der Waals surface area contributed by atoms with Crippen LogP contribution in [0.25, 0.3) is 0 Å². The zero-order valence-corrected chi connectivity index (χ0v) is 43.5. The van der Waals surface area contributed by atoms with Gasteiger partial charge in [-0.25, -0.2) is 0 Å². The van der Waals surface area contributed by atoms with E-state index in [1.54, 1.807) is 0 Å². The van der Waals surface area contributed by atoms with Crippen molar-refractivity contribution in [3.63, 3.8) is 0 Å². The third-order valence-corrected chi connectivity index (χ3v) is 11.2. The van der Waals surface area contributed by atoms with Crippen molar-refractivity contribution in [3.8, 4) is 0 Å². The van der Waals surface area contributed by atoms with Crippen LogP contribution in [0.1, 0.15) is 138 Å². The Bertz CT molecular complexity index is 1870. The molecule has 5 amide bonds. The summed E-state index contributed by atoms with van der Waals surface area (Å²) >= 11 is 0. The first-order chi connectivity index (χ1) is 35.1. The van der Waals surface area contributed by atoms with E-state index in [2.05, 4.69) is 26.6 Å². The predicted octanol–water partition coefficient (Wildman–Crippen LogP) is 0.663. The highest BCUT2D eigenvalue weighted by Crippen LogP contribution is 2.29. The lowest BCUT2D eigenvalue weighted by atomic mass is 9.96. The van der Waals surface area contributed by atoms with Crippen LogP contribution in [0.5, 0.6) is 0 Å². The minimum absolute atomic E-state index is 0.0126. The first-order valence-electron chi connectivity index (χ1n) is 25.0. The molecule has 9 unspecified atom stereocenters. The van der Waals surface area contributed by atoms with E-state index < -0.39 is 121 Å². The molecular formula is C48H77N5O21. The minimum Gasteiger partial charge on any atom is -0.481 e. The molecule has 0 spiro atoms. The average Bonchev–Trinajstić information content (AvgIpc) is 3.29. The molecule has 6 N–H and O–H groups in total. The molecule has 0 aromatic heterocycles. The van der Waals surface area contributed by atoms with Gasteiger partial charge in [-0.05, 0) is 57.8 Å². The lowest BCUT2D eigenvalue weighted by molar-refractivity contribution is -0.277. The molecule has 0 saturated carbocycles. The van der Waals surface area contributed by atoms with Crippen LogP contribution in [0.4, 0.5) is 0 Å². The summed E-state index contributed by atoms with van der Waals surface area (Å²) in [5, 5.41) is 22.7. The normalized spacial score (nSPS) is 22.6. The fourth-order valence-corrected chi connectivity index (χ4v) is 7.95. The Morgan fingerprint density at radius 3 is 1.65 bits per heavy atom. The lowest BCUT2D eigenvalue weighted by Crippen LogP contribution is -2.66. The zero-order chi connectivity index (χ0) is 55.2. The van der Waals surface area contributed by atoms with Crippen molar-refractivity contribution in [2.24, 2.45) is 0 Å². The summed E-state index contributed by atoms with van der Waals surface area (Å²) in [6.45, 7) is 8.54. The number of carbonyl (C=O) groups is 11. The third-order valence-electron chi connectivity index (χ3n) is 11.2. The van der Waals surface area contributed by atoms with Crippen molar-refractivity contribution in [3.05, 3.63) is 0 Å². The molecule has 0 aliphatic carbocycles. The van der Waals surface area contributed by atoms with Crippen LogP contribution in [0.3, 0.4) is 0 Å². The number of ether oxygens (including phenoxy) is 9. The fraction of sp³-hybridized carbons (Fsp3) is 0.771. The van der Waals surface area contributed by atoms with Crippen molar-refractivity contribution in [2.75, 3.05) is 39.5 Å². The minimum atomic E-state index is -1.27. The monoisotopic (exact) mass is 1060 g/mol. The second-order valence-electron chi connectivity index (χ2n) is 17.9. The number of hydrogen-bond donors (Lipinski definition) is 6. The maximum absolute atomic E-state index is 13.3. The topological polar surface area (TPSA) is 351 Å². The van der Waals surface area contributed by atoms with Crippen LogP contribution >= 0.6 is 0 Å². The number of nitrogens with one attached hydrogen (secondary N) is 5. The quantitative estimate of drug-likeness (QED) is 0.0293.